The summed E-state index contributed by atoms with van der Waals surface area (Å²) in [5, 5.41) is 6.91. The molecular weight excluding hydrogens is 408 g/mol. The monoisotopic (exact) mass is 442 g/mol. The van der Waals surface area contributed by atoms with Crippen molar-refractivity contribution in [1.29, 1.82) is 0 Å². The number of aromatic nitrogens is 1. The van der Waals surface area contributed by atoms with Gasteiger partial charge < -0.3 is 25.0 Å². The Morgan fingerprint density at radius 1 is 1.06 bits per heavy atom. The predicted octanol–water partition coefficient (Wildman–Crippen LogP) is 1.79. The smallest absolute Gasteiger partial charge is 0.321 e. The third kappa shape index (κ3) is 6.00. The van der Waals surface area contributed by atoms with Crippen molar-refractivity contribution < 1.29 is 14.4 Å². The van der Waals surface area contributed by atoms with Gasteiger partial charge in [-0.3, -0.25) is 14.5 Å². The number of hydrogen-bond donors (Lipinski definition) is 2. The third-order valence-electron chi connectivity index (χ3n) is 5.87. The van der Waals surface area contributed by atoms with Gasteiger partial charge in [-0.25, -0.2) is 4.79 Å². The van der Waals surface area contributed by atoms with E-state index in [0.717, 1.165) is 23.0 Å². The van der Waals surface area contributed by atoms with Crippen LogP contribution in [0.4, 0.5) is 10.5 Å². The minimum absolute atomic E-state index is 0.0244. The largest absolute Gasteiger partial charge is 0.353 e. The fraction of sp³-hybridized carbons (Fsp3) is 0.522. The van der Waals surface area contributed by atoms with Gasteiger partial charge in [0.1, 0.15) is 6.54 Å². The molecule has 1 unspecified atom stereocenters. The number of carbonyl (C=O) groups is 3. The lowest BCUT2D eigenvalue weighted by Crippen LogP contribution is -2.52. The molecule has 32 heavy (non-hydrogen) atoms. The van der Waals surface area contributed by atoms with Crippen molar-refractivity contribution >= 4 is 34.4 Å². The highest BCUT2D eigenvalue weighted by atomic mass is 16.2. The van der Waals surface area contributed by atoms with Crippen LogP contribution >= 0.6 is 0 Å². The van der Waals surface area contributed by atoms with Crippen LogP contribution in [0.1, 0.15) is 20.3 Å². The molecule has 0 bridgehead atoms. The van der Waals surface area contributed by atoms with Crippen LogP contribution in [-0.2, 0) is 16.1 Å². The molecule has 2 aromatic rings. The van der Waals surface area contributed by atoms with E-state index < -0.39 is 0 Å². The van der Waals surface area contributed by atoms with Gasteiger partial charge >= 0.3 is 6.03 Å². The number of amides is 4. The van der Waals surface area contributed by atoms with Crippen molar-refractivity contribution in [2.45, 2.75) is 32.9 Å². The number of piperazine rings is 1. The summed E-state index contributed by atoms with van der Waals surface area (Å²) in [5.41, 5.74) is 1.66. The zero-order valence-electron chi connectivity index (χ0n) is 19.4. The van der Waals surface area contributed by atoms with Crippen molar-refractivity contribution in [3.8, 4) is 0 Å². The van der Waals surface area contributed by atoms with Crippen LogP contribution < -0.4 is 10.6 Å². The Bertz CT molecular complexity index is 962. The molecule has 1 atom stereocenters. The van der Waals surface area contributed by atoms with Gasteiger partial charge in [-0.15, -0.1) is 0 Å². The summed E-state index contributed by atoms with van der Waals surface area (Å²) < 4.78 is 1.90. The Hall–Kier alpha value is -3.07. The Labute approximate surface area is 189 Å². The molecule has 1 aromatic carbocycles. The zero-order chi connectivity index (χ0) is 23.3. The van der Waals surface area contributed by atoms with Crippen molar-refractivity contribution in [3.05, 3.63) is 30.5 Å². The molecule has 4 amide bonds. The number of anilines is 1. The van der Waals surface area contributed by atoms with E-state index in [1.807, 2.05) is 48.9 Å². The molecule has 1 aromatic heterocycles. The molecule has 1 aliphatic rings. The number of nitrogens with zero attached hydrogens (tertiary/aromatic N) is 4. The molecule has 0 aliphatic carbocycles. The first-order valence-electron chi connectivity index (χ1n) is 11.1. The maximum atomic E-state index is 12.7. The highest BCUT2D eigenvalue weighted by Gasteiger charge is 2.23. The van der Waals surface area contributed by atoms with Crippen LogP contribution in [-0.4, -0.2) is 90.0 Å². The van der Waals surface area contributed by atoms with Gasteiger partial charge in [-0.05, 0) is 37.6 Å². The summed E-state index contributed by atoms with van der Waals surface area (Å²) in [7, 11) is 3.48. The van der Waals surface area contributed by atoms with Gasteiger partial charge in [0.2, 0.25) is 11.8 Å². The standard InChI is InChI=1S/C23H34N6O3/c1-5-17(2)24-21(30)15-27-10-12-28(13-11-27)23(32)25-19-6-7-20-18(14-19)8-9-29(20)16-22(31)26(3)4/h6-9,14,17H,5,10-13,15-16H2,1-4H3,(H,24,30)(H,25,32). The van der Waals surface area contributed by atoms with Crippen molar-refractivity contribution in [2.24, 2.45) is 0 Å². The second-order valence-electron chi connectivity index (χ2n) is 8.58. The average Bonchev–Trinajstić information content (AvgIpc) is 3.15. The van der Waals surface area contributed by atoms with Crippen molar-refractivity contribution in [3.63, 3.8) is 0 Å². The SMILES string of the molecule is CCC(C)NC(=O)CN1CCN(C(=O)Nc2ccc3c(ccn3CC(=O)N(C)C)c2)CC1. The summed E-state index contributed by atoms with van der Waals surface area (Å²) in [4.78, 5) is 42.2. The van der Waals surface area contributed by atoms with Crippen LogP contribution in [0.5, 0.6) is 0 Å². The lowest BCUT2D eigenvalue weighted by Gasteiger charge is -2.34. The van der Waals surface area contributed by atoms with E-state index in [-0.39, 0.29) is 30.4 Å². The second-order valence-corrected chi connectivity index (χ2v) is 8.58. The molecule has 174 valence electrons. The molecule has 2 N–H and O–H groups in total. The van der Waals surface area contributed by atoms with Crippen LogP contribution in [0.2, 0.25) is 0 Å². The van der Waals surface area contributed by atoms with Gasteiger partial charge in [0, 0.05) is 69.1 Å². The van der Waals surface area contributed by atoms with Crippen molar-refractivity contribution in [1.82, 2.24) is 24.6 Å². The van der Waals surface area contributed by atoms with Crippen LogP contribution in [0.15, 0.2) is 30.5 Å². The maximum Gasteiger partial charge on any atom is 0.321 e. The van der Waals surface area contributed by atoms with Crippen LogP contribution in [0, 0.1) is 0 Å². The molecule has 0 spiro atoms. The molecule has 1 aliphatic heterocycles. The number of benzene rings is 1. The summed E-state index contributed by atoms with van der Waals surface area (Å²) in [6, 6.07) is 7.66. The molecule has 3 rings (SSSR count). The summed E-state index contributed by atoms with van der Waals surface area (Å²) in [5.74, 6) is 0.0566. The number of nitrogens with one attached hydrogen (secondary N) is 2. The van der Waals surface area contributed by atoms with Crippen molar-refractivity contribution in [2.75, 3.05) is 52.1 Å². The topological polar surface area (TPSA) is 89.9 Å². The van der Waals surface area contributed by atoms with E-state index in [4.69, 9.17) is 0 Å². The number of rotatable bonds is 7. The molecule has 0 radical (unpaired) electrons. The Kier molecular flexibility index (Phi) is 7.74. The molecule has 1 fully saturated rings. The minimum atomic E-state index is -0.143. The lowest BCUT2D eigenvalue weighted by atomic mass is 10.2. The zero-order valence-corrected chi connectivity index (χ0v) is 19.4. The molecule has 1 saturated heterocycles. The van der Waals surface area contributed by atoms with E-state index in [1.165, 1.54) is 0 Å². The molecule has 9 heteroatoms. The van der Waals surface area contributed by atoms with Gasteiger partial charge in [0.05, 0.1) is 6.54 Å². The Balaban J connectivity index is 1.52. The first kappa shape index (κ1) is 23.6. The number of fused-ring (bicyclic) bond motifs is 1. The van der Waals surface area contributed by atoms with Gasteiger partial charge in [0.25, 0.3) is 0 Å². The van der Waals surface area contributed by atoms with E-state index in [1.54, 1.807) is 23.9 Å². The van der Waals surface area contributed by atoms with Crippen LogP contribution in [0.25, 0.3) is 10.9 Å². The number of likely N-dealkylation sites (N-methyl/N-ethyl adjacent to an activating group) is 1. The van der Waals surface area contributed by atoms with Crippen LogP contribution in [0.3, 0.4) is 0 Å². The summed E-state index contributed by atoms with van der Waals surface area (Å²) >= 11 is 0. The number of carbonyl (C=O) groups excluding carboxylic acids is 3. The van der Waals surface area contributed by atoms with E-state index in [9.17, 15) is 14.4 Å². The predicted molar refractivity (Wildman–Crippen MR) is 126 cm³/mol. The maximum absolute atomic E-state index is 12.7. The second kappa shape index (κ2) is 10.5. The normalized spacial score (nSPS) is 15.4. The quantitative estimate of drug-likeness (QED) is 0.684. The molecule has 9 nitrogen and oxygen atoms in total. The number of urea groups is 1. The summed E-state index contributed by atoms with van der Waals surface area (Å²) in [6.07, 6.45) is 2.79. The van der Waals surface area contributed by atoms with Gasteiger partial charge in [-0.2, -0.15) is 0 Å². The van der Waals surface area contributed by atoms with Gasteiger partial charge in [0.15, 0.2) is 0 Å². The van der Waals surface area contributed by atoms with Gasteiger partial charge in [-0.1, -0.05) is 6.92 Å². The van der Waals surface area contributed by atoms with E-state index >= 15 is 0 Å². The highest BCUT2D eigenvalue weighted by Crippen LogP contribution is 2.21. The fourth-order valence-electron chi connectivity index (χ4n) is 3.64. The number of hydrogen-bond acceptors (Lipinski definition) is 4. The average molecular weight is 443 g/mol. The fourth-order valence-corrected chi connectivity index (χ4v) is 3.64. The third-order valence-corrected chi connectivity index (χ3v) is 5.87. The molecule has 2 heterocycles. The first-order chi connectivity index (χ1) is 15.3. The molecular formula is C23H34N6O3. The Morgan fingerprint density at radius 2 is 1.78 bits per heavy atom. The minimum Gasteiger partial charge on any atom is -0.353 e. The first-order valence-corrected chi connectivity index (χ1v) is 11.1. The molecule has 0 saturated carbocycles. The highest BCUT2D eigenvalue weighted by molar-refractivity contribution is 5.93. The van der Waals surface area contributed by atoms with E-state index in [2.05, 4.69) is 15.5 Å². The van der Waals surface area contributed by atoms with E-state index in [0.29, 0.717) is 32.7 Å². The summed E-state index contributed by atoms with van der Waals surface area (Å²) in [6.45, 7) is 7.18. The Morgan fingerprint density at radius 3 is 2.44 bits per heavy atom. The lowest BCUT2D eigenvalue weighted by molar-refractivity contribution is -0.129.